The molecule has 1 rings (SSSR count). The Kier molecular flexibility index (Phi) is 2.61. The van der Waals surface area contributed by atoms with E-state index in [0.29, 0.717) is 6.29 Å². The number of benzene rings is 1. The van der Waals surface area contributed by atoms with E-state index in [-0.39, 0.29) is 16.8 Å². The van der Waals surface area contributed by atoms with Gasteiger partial charge in [-0.3, -0.25) is 15.0 Å². The minimum absolute atomic E-state index is 0.139. The highest BCUT2D eigenvalue weighted by atomic mass is 16.2. The summed E-state index contributed by atoms with van der Waals surface area (Å²) >= 11 is 0. The number of anilines is 1. The van der Waals surface area contributed by atoms with Gasteiger partial charge in [0.15, 0.2) is 6.29 Å². The minimum Gasteiger partial charge on any atom is -0.397 e. The van der Waals surface area contributed by atoms with Crippen LogP contribution in [0.2, 0.25) is 0 Å². The first-order valence-corrected chi connectivity index (χ1v) is 3.55. The molecule has 0 aromatic heterocycles. The van der Waals surface area contributed by atoms with Gasteiger partial charge in [0.2, 0.25) is 0 Å². The smallest absolute Gasteiger partial charge is 0.267 e. The van der Waals surface area contributed by atoms with Crippen LogP contribution in [0.1, 0.15) is 20.7 Å². The molecule has 0 atom stereocenters. The molecule has 0 saturated carbocycles. The van der Waals surface area contributed by atoms with E-state index >= 15 is 0 Å². The second kappa shape index (κ2) is 3.68. The number of hydrogen-bond donors (Lipinski definition) is 3. The van der Waals surface area contributed by atoms with Gasteiger partial charge in [-0.1, -0.05) is 6.07 Å². The number of rotatable bonds is 2. The van der Waals surface area contributed by atoms with E-state index in [1.807, 2.05) is 5.43 Å². The Balaban J connectivity index is 3.23. The van der Waals surface area contributed by atoms with E-state index < -0.39 is 5.91 Å². The molecule has 68 valence electrons. The van der Waals surface area contributed by atoms with Gasteiger partial charge in [0.25, 0.3) is 5.91 Å². The Hall–Kier alpha value is -1.88. The zero-order valence-corrected chi connectivity index (χ0v) is 6.78. The van der Waals surface area contributed by atoms with Crippen molar-refractivity contribution in [1.29, 1.82) is 0 Å². The van der Waals surface area contributed by atoms with Crippen molar-refractivity contribution in [2.24, 2.45) is 5.84 Å². The number of hydrogen-bond acceptors (Lipinski definition) is 4. The van der Waals surface area contributed by atoms with Crippen LogP contribution in [0.4, 0.5) is 5.69 Å². The number of carbonyl (C=O) groups is 2. The van der Waals surface area contributed by atoms with E-state index in [1.165, 1.54) is 12.1 Å². The Morgan fingerprint density at radius 3 is 2.69 bits per heavy atom. The highest BCUT2D eigenvalue weighted by Crippen LogP contribution is 2.15. The van der Waals surface area contributed by atoms with E-state index in [4.69, 9.17) is 11.6 Å². The molecular weight excluding hydrogens is 170 g/mol. The van der Waals surface area contributed by atoms with Gasteiger partial charge < -0.3 is 5.73 Å². The summed E-state index contributed by atoms with van der Waals surface area (Å²) in [7, 11) is 0. The molecule has 0 aliphatic carbocycles. The van der Waals surface area contributed by atoms with Gasteiger partial charge >= 0.3 is 0 Å². The fraction of sp³-hybridized carbons (Fsp3) is 0. The van der Waals surface area contributed by atoms with Crippen molar-refractivity contribution in [2.75, 3.05) is 5.73 Å². The number of amides is 1. The van der Waals surface area contributed by atoms with Crippen LogP contribution in [0.25, 0.3) is 0 Å². The number of hydrazine groups is 1. The number of nitrogens with two attached hydrogens (primary N) is 2. The van der Waals surface area contributed by atoms with Crippen molar-refractivity contribution < 1.29 is 9.59 Å². The summed E-state index contributed by atoms with van der Waals surface area (Å²) in [5.74, 6) is 4.41. The van der Waals surface area contributed by atoms with E-state index in [1.54, 1.807) is 6.07 Å². The summed E-state index contributed by atoms with van der Waals surface area (Å²) in [5, 5.41) is 0. The SMILES string of the molecule is NNC(=O)c1cccc(C=O)c1N. The lowest BCUT2D eigenvalue weighted by molar-refractivity contribution is 0.0954. The van der Waals surface area contributed by atoms with Gasteiger partial charge in [-0.25, -0.2) is 5.84 Å². The molecule has 13 heavy (non-hydrogen) atoms. The molecule has 1 amide bonds. The average molecular weight is 179 g/mol. The molecule has 0 aliphatic heterocycles. The third kappa shape index (κ3) is 1.65. The van der Waals surface area contributed by atoms with E-state index in [0.717, 1.165) is 0 Å². The van der Waals surface area contributed by atoms with E-state index in [9.17, 15) is 9.59 Å². The Labute approximate surface area is 74.7 Å². The highest BCUT2D eigenvalue weighted by molar-refractivity contribution is 6.02. The Morgan fingerprint density at radius 1 is 1.46 bits per heavy atom. The molecule has 0 radical (unpaired) electrons. The van der Waals surface area contributed by atoms with Gasteiger partial charge in [0.05, 0.1) is 11.3 Å². The molecule has 0 saturated heterocycles. The quantitative estimate of drug-likeness (QED) is 0.190. The molecule has 0 aliphatic rings. The summed E-state index contributed by atoms with van der Waals surface area (Å²) in [4.78, 5) is 21.5. The highest BCUT2D eigenvalue weighted by Gasteiger charge is 2.09. The summed E-state index contributed by atoms with van der Waals surface area (Å²) in [6.45, 7) is 0. The largest absolute Gasteiger partial charge is 0.397 e. The second-order valence-corrected chi connectivity index (χ2v) is 2.40. The van der Waals surface area contributed by atoms with Crippen LogP contribution in [-0.2, 0) is 0 Å². The van der Waals surface area contributed by atoms with Crippen LogP contribution in [-0.4, -0.2) is 12.2 Å². The molecule has 0 spiro atoms. The molecule has 5 N–H and O–H groups in total. The van der Waals surface area contributed by atoms with Crippen LogP contribution in [0.5, 0.6) is 0 Å². The van der Waals surface area contributed by atoms with E-state index in [2.05, 4.69) is 0 Å². The number of nitrogen functional groups attached to an aromatic ring is 2. The summed E-state index contributed by atoms with van der Waals surface area (Å²) in [6, 6.07) is 4.57. The molecule has 1 aromatic carbocycles. The van der Waals surface area contributed by atoms with Crippen molar-refractivity contribution in [3.05, 3.63) is 29.3 Å². The fourth-order valence-corrected chi connectivity index (χ4v) is 0.962. The van der Waals surface area contributed by atoms with Gasteiger partial charge in [0, 0.05) is 5.56 Å². The van der Waals surface area contributed by atoms with Gasteiger partial charge in [-0.2, -0.15) is 0 Å². The molecule has 5 heteroatoms. The summed E-state index contributed by atoms with van der Waals surface area (Å²) in [6.07, 6.45) is 0.586. The molecule has 0 bridgehead atoms. The maximum Gasteiger partial charge on any atom is 0.267 e. The summed E-state index contributed by atoms with van der Waals surface area (Å²) in [5.41, 5.74) is 8.08. The number of para-hydroxylation sites is 1. The van der Waals surface area contributed by atoms with Crippen molar-refractivity contribution in [2.45, 2.75) is 0 Å². The zero-order valence-electron chi connectivity index (χ0n) is 6.78. The fourth-order valence-electron chi connectivity index (χ4n) is 0.962. The molecule has 0 fully saturated rings. The lowest BCUT2D eigenvalue weighted by Crippen LogP contribution is -2.30. The molecule has 1 aromatic rings. The van der Waals surface area contributed by atoms with Gasteiger partial charge in [0.1, 0.15) is 0 Å². The lowest BCUT2D eigenvalue weighted by Gasteiger charge is -2.04. The second-order valence-electron chi connectivity index (χ2n) is 2.40. The maximum atomic E-state index is 11.1. The van der Waals surface area contributed by atoms with Crippen molar-refractivity contribution in [3.8, 4) is 0 Å². The van der Waals surface area contributed by atoms with Crippen molar-refractivity contribution in [1.82, 2.24) is 5.43 Å². The van der Waals surface area contributed by atoms with Crippen LogP contribution in [0.3, 0.4) is 0 Å². The van der Waals surface area contributed by atoms with Gasteiger partial charge in [-0.15, -0.1) is 0 Å². The number of carbonyl (C=O) groups excluding carboxylic acids is 2. The average Bonchev–Trinajstić information content (AvgIpc) is 2.17. The van der Waals surface area contributed by atoms with Crippen molar-refractivity contribution >= 4 is 17.9 Å². The third-order valence-corrected chi connectivity index (χ3v) is 1.64. The lowest BCUT2D eigenvalue weighted by atomic mass is 10.1. The van der Waals surface area contributed by atoms with Crippen LogP contribution >= 0.6 is 0 Å². The number of aldehydes is 1. The minimum atomic E-state index is -0.513. The Bertz CT molecular complexity index is 349. The van der Waals surface area contributed by atoms with Crippen LogP contribution in [0.15, 0.2) is 18.2 Å². The normalized spacial score (nSPS) is 9.31. The first kappa shape index (κ1) is 9.21. The van der Waals surface area contributed by atoms with Crippen molar-refractivity contribution in [3.63, 3.8) is 0 Å². The predicted molar refractivity (Wildman–Crippen MR) is 47.9 cm³/mol. The Morgan fingerprint density at radius 2 is 2.15 bits per heavy atom. The summed E-state index contributed by atoms with van der Waals surface area (Å²) < 4.78 is 0. The molecular formula is C8H9N3O2. The molecule has 0 unspecified atom stereocenters. The van der Waals surface area contributed by atoms with Gasteiger partial charge in [-0.05, 0) is 12.1 Å². The molecule has 0 heterocycles. The monoisotopic (exact) mass is 179 g/mol. The maximum absolute atomic E-state index is 11.1. The number of nitrogens with one attached hydrogen (secondary N) is 1. The first-order valence-electron chi connectivity index (χ1n) is 3.55. The topological polar surface area (TPSA) is 98.2 Å². The standard InChI is InChI=1S/C8H9N3O2/c9-7-5(4-12)2-1-3-6(7)8(13)11-10/h1-4H,9-10H2,(H,11,13). The van der Waals surface area contributed by atoms with Crippen LogP contribution in [0, 0.1) is 0 Å². The third-order valence-electron chi connectivity index (χ3n) is 1.64. The molecule has 5 nitrogen and oxygen atoms in total. The zero-order chi connectivity index (χ0) is 9.84. The van der Waals surface area contributed by atoms with Crippen LogP contribution < -0.4 is 17.0 Å². The first-order chi connectivity index (χ1) is 6.20. The predicted octanol–water partition coefficient (Wildman–Crippen LogP) is -0.315.